The van der Waals surface area contributed by atoms with Crippen LogP contribution in [0.3, 0.4) is 0 Å². The molecule has 2 rings (SSSR count). The number of nitrogens with two attached hydrogens (primary N) is 1. The molecule has 0 aliphatic carbocycles. The van der Waals surface area contributed by atoms with Gasteiger partial charge in [-0.05, 0) is 43.2 Å². The predicted molar refractivity (Wildman–Crippen MR) is 88.1 cm³/mol. The van der Waals surface area contributed by atoms with Crippen molar-refractivity contribution >= 4 is 23.5 Å². The highest BCUT2D eigenvalue weighted by Crippen LogP contribution is 2.27. The molecule has 0 aliphatic heterocycles. The fourth-order valence-corrected chi connectivity index (χ4v) is 2.29. The molecule has 132 valence electrons. The van der Waals surface area contributed by atoms with Crippen LogP contribution in [0.2, 0.25) is 0 Å². The minimum absolute atomic E-state index is 0.209. The number of nitriles is 1. The molecule has 9 nitrogen and oxygen atoms in total. The second kappa shape index (κ2) is 9.96. The monoisotopic (exact) mass is 364 g/mol. The number of rotatable bonds is 5. The van der Waals surface area contributed by atoms with Crippen molar-refractivity contribution in [2.45, 2.75) is 19.4 Å². The average Bonchev–Trinajstić information content (AvgIpc) is 3.09. The third-order valence-electron chi connectivity index (χ3n) is 2.76. The standard InChI is InChI=1S/C13H14N4OS.C2H2O4/c1-9-2-3-10(8-15)13(17-9)18-11(4-6-14)12-5-7-16-19-12;3-1(4)2(5)6/h2-3,5,7,11H,4,6,14H2,1H3;(H,3,4)(H,5,6). The molecular weight excluding hydrogens is 348 g/mol. The third kappa shape index (κ3) is 6.54. The topological polar surface area (TPSA) is 159 Å². The lowest BCUT2D eigenvalue weighted by Gasteiger charge is -2.17. The van der Waals surface area contributed by atoms with E-state index in [1.807, 2.05) is 13.0 Å². The van der Waals surface area contributed by atoms with Gasteiger partial charge in [-0.15, -0.1) is 0 Å². The van der Waals surface area contributed by atoms with Crippen molar-refractivity contribution in [3.05, 3.63) is 40.5 Å². The van der Waals surface area contributed by atoms with Crippen molar-refractivity contribution in [1.82, 2.24) is 9.36 Å². The number of carboxylic acids is 2. The Morgan fingerprint density at radius 3 is 2.52 bits per heavy atom. The fraction of sp³-hybridized carbons (Fsp3) is 0.267. The van der Waals surface area contributed by atoms with Crippen LogP contribution in [0.4, 0.5) is 0 Å². The molecule has 10 heteroatoms. The van der Waals surface area contributed by atoms with Crippen LogP contribution in [0.5, 0.6) is 5.88 Å². The molecule has 0 aliphatic rings. The molecule has 1 atom stereocenters. The van der Waals surface area contributed by atoms with E-state index in [-0.39, 0.29) is 6.10 Å². The van der Waals surface area contributed by atoms with Gasteiger partial charge in [-0.3, -0.25) is 0 Å². The molecule has 25 heavy (non-hydrogen) atoms. The van der Waals surface area contributed by atoms with Gasteiger partial charge in [0.15, 0.2) is 0 Å². The number of pyridine rings is 1. The summed E-state index contributed by atoms with van der Waals surface area (Å²) in [5, 5.41) is 23.9. The summed E-state index contributed by atoms with van der Waals surface area (Å²) in [6.07, 6.45) is 2.17. The van der Waals surface area contributed by atoms with E-state index in [1.165, 1.54) is 11.5 Å². The highest BCUT2D eigenvalue weighted by atomic mass is 32.1. The molecule has 2 heterocycles. The molecule has 0 fully saturated rings. The number of aliphatic carboxylic acids is 2. The van der Waals surface area contributed by atoms with Gasteiger partial charge in [-0.1, -0.05) is 0 Å². The van der Waals surface area contributed by atoms with E-state index < -0.39 is 11.9 Å². The molecule has 0 bridgehead atoms. The van der Waals surface area contributed by atoms with Crippen molar-refractivity contribution < 1.29 is 24.5 Å². The molecule has 0 radical (unpaired) electrons. The fourth-order valence-electron chi connectivity index (χ4n) is 1.64. The molecule has 0 saturated heterocycles. The minimum atomic E-state index is -1.82. The average molecular weight is 364 g/mol. The first-order valence-electron chi connectivity index (χ1n) is 7.00. The zero-order valence-electron chi connectivity index (χ0n) is 13.2. The second-order valence-electron chi connectivity index (χ2n) is 4.63. The van der Waals surface area contributed by atoms with Gasteiger partial charge in [0.25, 0.3) is 0 Å². The first-order valence-corrected chi connectivity index (χ1v) is 7.77. The van der Waals surface area contributed by atoms with Crippen molar-refractivity contribution in [3.63, 3.8) is 0 Å². The van der Waals surface area contributed by atoms with Crippen molar-refractivity contribution in [2.75, 3.05) is 6.54 Å². The highest BCUT2D eigenvalue weighted by Gasteiger charge is 2.17. The molecule has 4 N–H and O–H groups in total. The van der Waals surface area contributed by atoms with Crippen LogP contribution in [0.15, 0.2) is 24.4 Å². The normalized spacial score (nSPS) is 10.8. The van der Waals surface area contributed by atoms with Gasteiger partial charge in [0.05, 0.1) is 4.88 Å². The summed E-state index contributed by atoms with van der Waals surface area (Å²) in [5.41, 5.74) is 6.85. The van der Waals surface area contributed by atoms with E-state index in [9.17, 15) is 0 Å². The Labute approximate surface area is 147 Å². The molecule has 0 spiro atoms. The summed E-state index contributed by atoms with van der Waals surface area (Å²) in [7, 11) is 0. The van der Waals surface area contributed by atoms with Gasteiger partial charge in [0, 0.05) is 18.3 Å². The minimum Gasteiger partial charge on any atom is -0.473 e. The maximum atomic E-state index is 9.10. The maximum absolute atomic E-state index is 9.10. The van der Waals surface area contributed by atoms with E-state index in [1.54, 1.807) is 18.3 Å². The lowest BCUT2D eigenvalue weighted by Crippen LogP contribution is -2.13. The van der Waals surface area contributed by atoms with Gasteiger partial charge in [-0.2, -0.15) is 5.26 Å². The SMILES string of the molecule is Cc1ccc(C#N)c(OC(CCN)c2ccns2)n1.O=C(O)C(=O)O. The summed E-state index contributed by atoms with van der Waals surface area (Å²) < 4.78 is 9.92. The number of aryl methyl sites for hydroxylation is 1. The first-order chi connectivity index (χ1) is 11.9. The molecule has 0 amide bonds. The summed E-state index contributed by atoms with van der Waals surface area (Å²) in [6, 6.07) is 7.48. The Bertz CT molecular complexity index is 746. The molecule has 2 aromatic rings. The van der Waals surface area contributed by atoms with Gasteiger partial charge >= 0.3 is 11.9 Å². The molecule has 0 saturated carbocycles. The molecule has 0 aromatic carbocycles. The lowest BCUT2D eigenvalue weighted by molar-refractivity contribution is -0.159. The summed E-state index contributed by atoms with van der Waals surface area (Å²) in [5.74, 6) is -3.29. The van der Waals surface area contributed by atoms with Crippen LogP contribution < -0.4 is 10.5 Å². The summed E-state index contributed by atoms with van der Waals surface area (Å²) in [4.78, 5) is 23.5. The Morgan fingerprint density at radius 1 is 1.36 bits per heavy atom. The van der Waals surface area contributed by atoms with Crippen LogP contribution in [0, 0.1) is 18.3 Å². The van der Waals surface area contributed by atoms with Gasteiger partial charge in [0.2, 0.25) is 5.88 Å². The number of hydrogen-bond donors (Lipinski definition) is 3. The molecular formula is C15H16N4O5S. The van der Waals surface area contributed by atoms with Crippen molar-refractivity contribution in [3.8, 4) is 11.9 Å². The largest absolute Gasteiger partial charge is 0.473 e. The quantitative estimate of drug-likeness (QED) is 0.665. The molecule has 1 unspecified atom stereocenters. The number of carboxylic acid groups (broad SMARTS) is 2. The Hall–Kier alpha value is -3.03. The summed E-state index contributed by atoms with van der Waals surface area (Å²) in [6.45, 7) is 2.36. The first kappa shape index (κ1) is 20.0. The second-order valence-corrected chi connectivity index (χ2v) is 5.49. The number of nitrogens with zero attached hydrogens (tertiary/aromatic N) is 3. The predicted octanol–water partition coefficient (Wildman–Crippen LogP) is 1.34. The van der Waals surface area contributed by atoms with Crippen molar-refractivity contribution in [1.29, 1.82) is 5.26 Å². The Kier molecular flexibility index (Phi) is 7.98. The number of ether oxygens (including phenoxy) is 1. The Morgan fingerprint density at radius 2 is 2.04 bits per heavy atom. The van der Waals surface area contributed by atoms with Gasteiger partial charge in [-0.25, -0.2) is 18.9 Å². The van der Waals surface area contributed by atoms with Gasteiger partial charge in [0.1, 0.15) is 17.7 Å². The zero-order valence-corrected chi connectivity index (χ0v) is 14.1. The van der Waals surface area contributed by atoms with E-state index >= 15 is 0 Å². The lowest BCUT2D eigenvalue weighted by atomic mass is 10.2. The van der Waals surface area contributed by atoms with E-state index in [4.69, 9.17) is 35.5 Å². The zero-order chi connectivity index (χ0) is 18.8. The van der Waals surface area contributed by atoms with E-state index in [0.717, 1.165) is 10.6 Å². The Balaban J connectivity index is 0.000000450. The van der Waals surface area contributed by atoms with Crippen LogP contribution in [-0.2, 0) is 9.59 Å². The van der Waals surface area contributed by atoms with E-state index in [2.05, 4.69) is 15.4 Å². The maximum Gasteiger partial charge on any atom is 0.414 e. The summed E-state index contributed by atoms with van der Waals surface area (Å²) >= 11 is 1.37. The van der Waals surface area contributed by atoms with Crippen LogP contribution >= 0.6 is 11.5 Å². The number of carbonyl (C=O) groups is 2. The smallest absolute Gasteiger partial charge is 0.414 e. The van der Waals surface area contributed by atoms with Crippen molar-refractivity contribution in [2.24, 2.45) is 5.73 Å². The van der Waals surface area contributed by atoms with Crippen LogP contribution in [-0.4, -0.2) is 38.1 Å². The molecule has 2 aromatic heterocycles. The van der Waals surface area contributed by atoms with Crippen LogP contribution in [0.1, 0.15) is 28.7 Å². The number of aromatic nitrogens is 2. The van der Waals surface area contributed by atoms with Gasteiger partial charge < -0.3 is 20.7 Å². The van der Waals surface area contributed by atoms with E-state index in [0.29, 0.717) is 24.4 Å². The number of hydrogen-bond acceptors (Lipinski definition) is 8. The third-order valence-corrected chi connectivity index (χ3v) is 3.60. The van der Waals surface area contributed by atoms with Crippen LogP contribution in [0.25, 0.3) is 0 Å². The highest BCUT2D eigenvalue weighted by molar-refractivity contribution is 7.05.